The lowest BCUT2D eigenvalue weighted by Crippen LogP contribution is -2.20. The Balaban J connectivity index is 2.03. The average molecular weight is 256 g/mol. The SMILES string of the molecule is CC(=O)c1cccc(NC(=O)Nc2cccnn2)c1. The van der Waals surface area contributed by atoms with Crippen molar-refractivity contribution in [2.75, 3.05) is 10.6 Å². The van der Waals surface area contributed by atoms with Crippen LogP contribution >= 0.6 is 0 Å². The smallest absolute Gasteiger partial charge is 0.308 e. The second-order valence-corrected chi connectivity index (χ2v) is 3.83. The Morgan fingerprint density at radius 1 is 1.11 bits per heavy atom. The molecule has 2 rings (SSSR count). The van der Waals surface area contributed by atoms with Gasteiger partial charge in [0, 0.05) is 17.4 Å². The minimum atomic E-state index is -0.443. The van der Waals surface area contributed by atoms with Crippen molar-refractivity contribution in [3.8, 4) is 0 Å². The normalized spacial score (nSPS) is 9.74. The Morgan fingerprint density at radius 2 is 1.95 bits per heavy atom. The number of Topliss-reactive ketones (excluding diaryl/α,β-unsaturated/α-hetero) is 1. The quantitative estimate of drug-likeness (QED) is 0.825. The molecular formula is C13H12N4O2. The van der Waals surface area contributed by atoms with Gasteiger partial charge in [-0.05, 0) is 31.2 Å². The predicted octanol–water partition coefficient (Wildman–Crippen LogP) is 2.32. The van der Waals surface area contributed by atoms with Crippen molar-refractivity contribution in [1.82, 2.24) is 10.2 Å². The van der Waals surface area contributed by atoms with Gasteiger partial charge in [0.2, 0.25) is 0 Å². The number of anilines is 2. The second kappa shape index (κ2) is 5.72. The fourth-order valence-electron chi connectivity index (χ4n) is 1.46. The van der Waals surface area contributed by atoms with Crippen molar-refractivity contribution in [1.29, 1.82) is 0 Å². The summed E-state index contributed by atoms with van der Waals surface area (Å²) in [5.74, 6) is 0.292. The van der Waals surface area contributed by atoms with Crippen LogP contribution in [0.4, 0.5) is 16.3 Å². The monoisotopic (exact) mass is 256 g/mol. The van der Waals surface area contributed by atoms with Crippen LogP contribution in [0.5, 0.6) is 0 Å². The van der Waals surface area contributed by atoms with Crippen LogP contribution in [0.2, 0.25) is 0 Å². The molecule has 1 aromatic heterocycles. The maximum atomic E-state index is 11.7. The number of aromatic nitrogens is 2. The van der Waals surface area contributed by atoms with E-state index in [1.165, 1.54) is 13.1 Å². The molecule has 0 unspecified atom stereocenters. The highest BCUT2D eigenvalue weighted by Crippen LogP contribution is 2.11. The molecule has 0 aliphatic heterocycles. The summed E-state index contributed by atoms with van der Waals surface area (Å²) in [5.41, 5.74) is 1.08. The van der Waals surface area contributed by atoms with E-state index in [1.54, 1.807) is 36.4 Å². The summed E-state index contributed by atoms with van der Waals surface area (Å²) in [6.07, 6.45) is 1.51. The first kappa shape index (κ1) is 12.7. The molecule has 19 heavy (non-hydrogen) atoms. The molecular weight excluding hydrogens is 244 g/mol. The first-order valence-corrected chi connectivity index (χ1v) is 5.62. The van der Waals surface area contributed by atoms with Gasteiger partial charge < -0.3 is 5.32 Å². The van der Waals surface area contributed by atoms with Gasteiger partial charge in [0.25, 0.3) is 0 Å². The van der Waals surface area contributed by atoms with E-state index in [0.717, 1.165) is 0 Å². The number of ketones is 1. The molecule has 0 fully saturated rings. The molecule has 0 radical (unpaired) electrons. The van der Waals surface area contributed by atoms with Crippen LogP contribution in [0.25, 0.3) is 0 Å². The van der Waals surface area contributed by atoms with Crippen LogP contribution in [0.1, 0.15) is 17.3 Å². The van der Waals surface area contributed by atoms with E-state index >= 15 is 0 Å². The number of amides is 2. The third-order valence-electron chi connectivity index (χ3n) is 2.34. The highest BCUT2D eigenvalue weighted by molar-refractivity contribution is 6.00. The number of carbonyl (C=O) groups excluding carboxylic acids is 2. The number of nitrogens with zero attached hydrogens (tertiary/aromatic N) is 2. The zero-order valence-electron chi connectivity index (χ0n) is 10.3. The maximum absolute atomic E-state index is 11.7. The standard InChI is InChI=1S/C13H12N4O2/c1-9(18)10-4-2-5-11(8-10)15-13(19)16-12-6-3-7-14-17-12/h2-8H,1H3,(H2,15,16,17,19). The van der Waals surface area contributed by atoms with Gasteiger partial charge in [0.15, 0.2) is 11.6 Å². The van der Waals surface area contributed by atoms with Gasteiger partial charge in [-0.1, -0.05) is 12.1 Å². The Hall–Kier alpha value is -2.76. The first-order valence-electron chi connectivity index (χ1n) is 5.62. The molecule has 1 heterocycles. The summed E-state index contributed by atoms with van der Waals surface area (Å²) < 4.78 is 0. The summed E-state index contributed by atoms with van der Waals surface area (Å²) in [7, 11) is 0. The van der Waals surface area contributed by atoms with Gasteiger partial charge in [-0.15, -0.1) is 5.10 Å². The van der Waals surface area contributed by atoms with Crippen LogP contribution in [-0.2, 0) is 0 Å². The van der Waals surface area contributed by atoms with Gasteiger partial charge in [0.1, 0.15) is 0 Å². The Kier molecular flexibility index (Phi) is 3.82. The van der Waals surface area contributed by atoms with E-state index in [1.807, 2.05) is 0 Å². The topological polar surface area (TPSA) is 84.0 Å². The van der Waals surface area contributed by atoms with Crippen LogP contribution in [0.15, 0.2) is 42.6 Å². The van der Waals surface area contributed by atoms with Gasteiger partial charge >= 0.3 is 6.03 Å². The van der Waals surface area contributed by atoms with Gasteiger partial charge in [-0.3, -0.25) is 10.1 Å². The van der Waals surface area contributed by atoms with Crippen molar-refractivity contribution >= 4 is 23.3 Å². The second-order valence-electron chi connectivity index (χ2n) is 3.83. The van der Waals surface area contributed by atoms with Crippen LogP contribution in [-0.4, -0.2) is 22.0 Å². The first-order chi connectivity index (χ1) is 9.15. The zero-order valence-corrected chi connectivity index (χ0v) is 10.3. The number of rotatable bonds is 3. The summed E-state index contributed by atoms with van der Waals surface area (Å²) in [5, 5.41) is 12.5. The molecule has 0 spiro atoms. The summed E-state index contributed by atoms with van der Waals surface area (Å²) in [6, 6.07) is 9.54. The van der Waals surface area contributed by atoms with Crippen LogP contribution in [0, 0.1) is 0 Å². The number of urea groups is 1. The van der Waals surface area contributed by atoms with Gasteiger partial charge in [-0.2, -0.15) is 5.10 Å². The zero-order chi connectivity index (χ0) is 13.7. The van der Waals surface area contributed by atoms with E-state index in [9.17, 15) is 9.59 Å². The molecule has 2 aromatic rings. The predicted molar refractivity (Wildman–Crippen MR) is 71.1 cm³/mol. The molecule has 0 aliphatic carbocycles. The minimum Gasteiger partial charge on any atom is -0.308 e. The Bertz CT molecular complexity index is 599. The third-order valence-corrected chi connectivity index (χ3v) is 2.34. The lowest BCUT2D eigenvalue weighted by molar-refractivity contribution is 0.101. The van der Waals surface area contributed by atoms with Gasteiger partial charge in [0.05, 0.1) is 0 Å². The van der Waals surface area contributed by atoms with Crippen LogP contribution in [0.3, 0.4) is 0 Å². The summed E-state index contributed by atoms with van der Waals surface area (Å²) >= 11 is 0. The number of carbonyl (C=O) groups is 2. The Morgan fingerprint density at radius 3 is 2.63 bits per heavy atom. The molecule has 2 amide bonds. The van der Waals surface area contributed by atoms with E-state index < -0.39 is 6.03 Å². The van der Waals surface area contributed by atoms with Crippen molar-refractivity contribution in [2.45, 2.75) is 6.92 Å². The third kappa shape index (κ3) is 3.60. The number of hydrogen-bond acceptors (Lipinski definition) is 4. The lowest BCUT2D eigenvalue weighted by atomic mass is 10.1. The molecule has 0 bridgehead atoms. The maximum Gasteiger partial charge on any atom is 0.324 e. The average Bonchev–Trinajstić information content (AvgIpc) is 2.40. The molecule has 2 N–H and O–H groups in total. The molecule has 0 atom stereocenters. The molecule has 0 saturated heterocycles. The summed E-state index contributed by atoms with van der Waals surface area (Å²) in [4.78, 5) is 22.9. The molecule has 96 valence electrons. The highest BCUT2D eigenvalue weighted by Gasteiger charge is 2.05. The van der Waals surface area contributed by atoms with E-state index in [0.29, 0.717) is 17.1 Å². The van der Waals surface area contributed by atoms with Crippen molar-refractivity contribution in [2.24, 2.45) is 0 Å². The van der Waals surface area contributed by atoms with Gasteiger partial charge in [-0.25, -0.2) is 4.79 Å². The lowest BCUT2D eigenvalue weighted by Gasteiger charge is -2.07. The molecule has 0 saturated carbocycles. The number of nitrogens with one attached hydrogen (secondary N) is 2. The van der Waals surface area contributed by atoms with Crippen molar-refractivity contribution < 1.29 is 9.59 Å². The van der Waals surface area contributed by atoms with E-state index in [2.05, 4.69) is 20.8 Å². The largest absolute Gasteiger partial charge is 0.324 e. The van der Waals surface area contributed by atoms with E-state index in [4.69, 9.17) is 0 Å². The highest BCUT2D eigenvalue weighted by atomic mass is 16.2. The summed E-state index contributed by atoms with van der Waals surface area (Å²) in [6.45, 7) is 1.47. The minimum absolute atomic E-state index is 0.0574. The Labute approximate surface area is 109 Å². The fraction of sp³-hybridized carbons (Fsp3) is 0.0769. The molecule has 6 nitrogen and oxygen atoms in total. The van der Waals surface area contributed by atoms with Crippen LogP contribution < -0.4 is 10.6 Å². The van der Waals surface area contributed by atoms with Crippen molar-refractivity contribution in [3.05, 3.63) is 48.2 Å². The fourth-order valence-corrected chi connectivity index (χ4v) is 1.46. The molecule has 0 aliphatic rings. The molecule has 1 aromatic carbocycles. The molecule has 6 heteroatoms. The number of benzene rings is 1. The number of hydrogen-bond donors (Lipinski definition) is 2. The van der Waals surface area contributed by atoms with Crippen molar-refractivity contribution in [3.63, 3.8) is 0 Å². The van der Waals surface area contributed by atoms with E-state index in [-0.39, 0.29) is 5.78 Å².